The van der Waals surface area contributed by atoms with Gasteiger partial charge in [-0.25, -0.2) is 9.97 Å². The maximum Gasteiger partial charge on any atom is 0.219 e. The van der Waals surface area contributed by atoms with Crippen molar-refractivity contribution in [1.82, 2.24) is 14.4 Å². The second-order valence-corrected chi connectivity index (χ2v) is 7.93. The first kappa shape index (κ1) is 19.8. The van der Waals surface area contributed by atoms with E-state index in [1.807, 2.05) is 67.6 Å². The summed E-state index contributed by atoms with van der Waals surface area (Å²) in [5.41, 5.74) is 5.80. The molecule has 1 atom stereocenters. The van der Waals surface area contributed by atoms with Gasteiger partial charge in [-0.2, -0.15) is 0 Å². The average molecular weight is 422 g/mol. The van der Waals surface area contributed by atoms with Crippen molar-refractivity contribution in [2.45, 2.75) is 19.3 Å². The van der Waals surface area contributed by atoms with Crippen LogP contribution in [0.1, 0.15) is 35.4 Å². The molecule has 5 nitrogen and oxygen atoms in total. The third-order valence-electron chi connectivity index (χ3n) is 5.76. The van der Waals surface area contributed by atoms with E-state index >= 15 is 0 Å². The molecule has 0 spiro atoms. The minimum absolute atomic E-state index is 0.0715. The Bertz CT molecular complexity index is 1360. The number of aromatic hydroxyl groups is 2. The summed E-state index contributed by atoms with van der Waals surface area (Å²) in [5, 5.41) is 20.8. The standard InChI is InChI=1S/C27H23N3O2/c1-18(20-10-6-3-7-11-20)25-27(32)30-17-24(21-12-14-22(31)15-13-21)28-23(26(30)29-25)16-19-8-4-2-5-9-19/h2-15,17-18,31-32H,16H2,1H3. The molecule has 5 rings (SSSR count). The van der Waals surface area contributed by atoms with E-state index in [0.29, 0.717) is 23.5 Å². The van der Waals surface area contributed by atoms with Crippen molar-refractivity contribution in [2.24, 2.45) is 0 Å². The van der Waals surface area contributed by atoms with E-state index in [4.69, 9.17) is 9.97 Å². The average Bonchev–Trinajstić information content (AvgIpc) is 3.17. The lowest BCUT2D eigenvalue weighted by atomic mass is 9.98. The van der Waals surface area contributed by atoms with E-state index < -0.39 is 0 Å². The molecule has 5 aromatic rings. The summed E-state index contributed by atoms with van der Waals surface area (Å²) in [6.07, 6.45) is 2.39. The second-order valence-electron chi connectivity index (χ2n) is 7.93. The molecule has 3 aromatic carbocycles. The van der Waals surface area contributed by atoms with Gasteiger partial charge in [-0.15, -0.1) is 0 Å². The number of aromatic nitrogens is 3. The topological polar surface area (TPSA) is 70.7 Å². The smallest absolute Gasteiger partial charge is 0.219 e. The highest BCUT2D eigenvalue weighted by atomic mass is 16.3. The van der Waals surface area contributed by atoms with Gasteiger partial charge in [-0.05, 0) is 35.4 Å². The van der Waals surface area contributed by atoms with Gasteiger partial charge in [-0.1, -0.05) is 67.6 Å². The third kappa shape index (κ3) is 3.69. The Morgan fingerprint density at radius 1 is 0.812 bits per heavy atom. The Hall–Kier alpha value is -4.12. The van der Waals surface area contributed by atoms with Gasteiger partial charge in [0.1, 0.15) is 11.4 Å². The molecule has 0 bridgehead atoms. The molecule has 0 aliphatic rings. The summed E-state index contributed by atoms with van der Waals surface area (Å²) in [5.74, 6) is 0.245. The molecule has 5 heteroatoms. The first-order valence-electron chi connectivity index (χ1n) is 10.6. The molecular formula is C27H23N3O2. The van der Waals surface area contributed by atoms with Gasteiger partial charge in [0.25, 0.3) is 0 Å². The number of rotatable bonds is 5. The largest absolute Gasteiger partial charge is 0.508 e. The fourth-order valence-electron chi connectivity index (χ4n) is 3.98. The van der Waals surface area contributed by atoms with Gasteiger partial charge >= 0.3 is 0 Å². The summed E-state index contributed by atoms with van der Waals surface area (Å²) >= 11 is 0. The highest BCUT2D eigenvalue weighted by molar-refractivity contribution is 5.64. The van der Waals surface area contributed by atoms with Gasteiger partial charge in [0.2, 0.25) is 5.88 Å². The molecule has 0 aliphatic heterocycles. The van der Waals surface area contributed by atoms with Gasteiger partial charge < -0.3 is 10.2 Å². The number of phenols is 1. The predicted octanol–water partition coefficient (Wildman–Crippen LogP) is 5.55. The zero-order valence-electron chi connectivity index (χ0n) is 17.7. The van der Waals surface area contributed by atoms with Gasteiger partial charge in [0.05, 0.1) is 11.4 Å². The minimum atomic E-state index is -0.0715. The van der Waals surface area contributed by atoms with Crippen LogP contribution < -0.4 is 0 Å². The van der Waals surface area contributed by atoms with Crippen molar-refractivity contribution >= 4 is 5.65 Å². The van der Waals surface area contributed by atoms with Crippen LogP contribution in [-0.2, 0) is 6.42 Å². The van der Waals surface area contributed by atoms with Crippen molar-refractivity contribution in [3.05, 3.63) is 114 Å². The summed E-state index contributed by atoms with van der Waals surface area (Å²) in [6.45, 7) is 2.04. The molecular weight excluding hydrogens is 398 g/mol. The Kier molecular flexibility index (Phi) is 5.07. The zero-order valence-corrected chi connectivity index (χ0v) is 17.7. The fourth-order valence-corrected chi connectivity index (χ4v) is 3.98. The van der Waals surface area contributed by atoms with Gasteiger partial charge in [0.15, 0.2) is 5.65 Å². The van der Waals surface area contributed by atoms with Crippen LogP contribution in [-0.4, -0.2) is 24.6 Å². The summed E-state index contributed by atoms with van der Waals surface area (Å²) < 4.78 is 1.72. The lowest BCUT2D eigenvalue weighted by molar-refractivity contribution is 0.439. The van der Waals surface area contributed by atoms with Crippen LogP contribution in [0.3, 0.4) is 0 Å². The van der Waals surface area contributed by atoms with E-state index in [1.54, 1.807) is 22.7 Å². The predicted molar refractivity (Wildman–Crippen MR) is 125 cm³/mol. The van der Waals surface area contributed by atoms with E-state index in [9.17, 15) is 10.2 Å². The molecule has 2 aromatic heterocycles. The van der Waals surface area contributed by atoms with E-state index in [0.717, 1.165) is 22.4 Å². The molecule has 32 heavy (non-hydrogen) atoms. The number of phenolic OH excluding ortho intramolecular Hbond substituents is 1. The number of hydrogen-bond donors (Lipinski definition) is 2. The molecule has 1 unspecified atom stereocenters. The lowest BCUT2D eigenvalue weighted by Gasteiger charge is -2.09. The quantitative estimate of drug-likeness (QED) is 0.390. The molecule has 0 saturated carbocycles. The monoisotopic (exact) mass is 421 g/mol. The molecule has 2 heterocycles. The van der Waals surface area contributed by atoms with Crippen molar-refractivity contribution in [2.75, 3.05) is 0 Å². The van der Waals surface area contributed by atoms with Crippen LogP contribution in [0.2, 0.25) is 0 Å². The Labute approximate surface area is 186 Å². The van der Waals surface area contributed by atoms with Crippen LogP contribution in [0.5, 0.6) is 11.6 Å². The molecule has 0 saturated heterocycles. The van der Waals surface area contributed by atoms with Crippen LogP contribution >= 0.6 is 0 Å². The molecule has 0 amide bonds. The Balaban J connectivity index is 1.68. The van der Waals surface area contributed by atoms with Crippen LogP contribution in [0.25, 0.3) is 16.9 Å². The Morgan fingerprint density at radius 2 is 1.47 bits per heavy atom. The number of hydrogen-bond acceptors (Lipinski definition) is 4. The molecule has 0 fully saturated rings. The SMILES string of the molecule is CC(c1ccccc1)c1nc2c(Cc3ccccc3)nc(-c3ccc(O)cc3)cn2c1O. The normalized spacial score (nSPS) is 12.2. The van der Waals surface area contributed by atoms with Crippen molar-refractivity contribution in [3.63, 3.8) is 0 Å². The molecule has 0 radical (unpaired) electrons. The number of fused-ring (bicyclic) bond motifs is 1. The van der Waals surface area contributed by atoms with Crippen molar-refractivity contribution in [1.29, 1.82) is 0 Å². The van der Waals surface area contributed by atoms with E-state index in [-0.39, 0.29) is 17.5 Å². The maximum absolute atomic E-state index is 11.2. The molecule has 0 aliphatic carbocycles. The van der Waals surface area contributed by atoms with Crippen LogP contribution in [0.4, 0.5) is 0 Å². The second kappa shape index (κ2) is 8.19. The molecule has 158 valence electrons. The van der Waals surface area contributed by atoms with Crippen molar-refractivity contribution in [3.8, 4) is 22.9 Å². The molecule has 2 N–H and O–H groups in total. The lowest BCUT2D eigenvalue weighted by Crippen LogP contribution is -2.00. The van der Waals surface area contributed by atoms with Gasteiger partial charge in [0, 0.05) is 24.1 Å². The number of benzene rings is 3. The summed E-state index contributed by atoms with van der Waals surface area (Å²) in [7, 11) is 0. The van der Waals surface area contributed by atoms with Crippen LogP contribution in [0, 0.1) is 0 Å². The highest BCUT2D eigenvalue weighted by Crippen LogP contribution is 2.33. The Morgan fingerprint density at radius 3 is 2.16 bits per heavy atom. The third-order valence-corrected chi connectivity index (χ3v) is 5.76. The van der Waals surface area contributed by atoms with E-state index in [2.05, 4.69) is 12.1 Å². The highest BCUT2D eigenvalue weighted by Gasteiger charge is 2.22. The first-order chi connectivity index (χ1) is 15.6. The number of nitrogens with zero attached hydrogens (tertiary/aromatic N) is 3. The van der Waals surface area contributed by atoms with E-state index in [1.165, 1.54) is 0 Å². The summed E-state index contributed by atoms with van der Waals surface area (Å²) in [6, 6.07) is 27.0. The zero-order chi connectivity index (χ0) is 22.1. The first-order valence-corrected chi connectivity index (χ1v) is 10.6. The summed E-state index contributed by atoms with van der Waals surface area (Å²) in [4.78, 5) is 9.75. The van der Waals surface area contributed by atoms with Crippen molar-refractivity contribution < 1.29 is 10.2 Å². The van der Waals surface area contributed by atoms with Gasteiger partial charge in [-0.3, -0.25) is 4.40 Å². The van der Waals surface area contributed by atoms with Crippen LogP contribution in [0.15, 0.2) is 91.1 Å². The minimum Gasteiger partial charge on any atom is -0.508 e. The fraction of sp³-hybridized carbons (Fsp3) is 0.111. The maximum atomic E-state index is 11.2. The number of imidazole rings is 1.